The number of piperazine rings is 1. The Balaban J connectivity index is 2.10. The molecule has 0 aliphatic carbocycles. The first kappa shape index (κ1) is 20.8. The lowest BCUT2D eigenvalue weighted by Gasteiger charge is -2.44. The number of carbonyl (C=O) groups is 1. The largest absolute Gasteiger partial charge is 0.383 e. The summed E-state index contributed by atoms with van der Waals surface area (Å²) < 4.78 is 30.6. The Morgan fingerprint density at radius 3 is 2.15 bits per heavy atom. The Kier molecular flexibility index (Phi) is 6.79. The first-order valence-corrected chi connectivity index (χ1v) is 10.2. The third kappa shape index (κ3) is 4.43. The van der Waals surface area contributed by atoms with Gasteiger partial charge in [0.05, 0.1) is 11.5 Å². The first-order chi connectivity index (χ1) is 12.2. The van der Waals surface area contributed by atoms with Crippen molar-refractivity contribution >= 4 is 15.9 Å². The number of hydrogen-bond donors (Lipinski definition) is 0. The van der Waals surface area contributed by atoms with Crippen molar-refractivity contribution < 1.29 is 17.9 Å². The number of benzene rings is 1. The molecular formula is C18H29N3O4S. The molecule has 1 aromatic carbocycles. The van der Waals surface area contributed by atoms with E-state index in [1.807, 2.05) is 4.90 Å². The van der Waals surface area contributed by atoms with Gasteiger partial charge in [0.2, 0.25) is 10.0 Å². The second kappa shape index (κ2) is 8.47. The minimum atomic E-state index is -3.49. The summed E-state index contributed by atoms with van der Waals surface area (Å²) in [6.07, 6.45) is 0. The minimum Gasteiger partial charge on any atom is -0.383 e. The van der Waals surface area contributed by atoms with Gasteiger partial charge < -0.3 is 9.64 Å². The average molecular weight is 384 g/mol. The van der Waals surface area contributed by atoms with Gasteiger partial charge in [-0.1, -0.05) is 0 Å². The molecule has 0 N–H and O–H groups in total. The molecule has 0 saturated carbocycles. The van der Waals surface area contributed by atoms with Crippen molar-refractivity contribution in [1.82, 2.24) is 14.1 Å². The highest BCUT2D eigenvalue weighted by Gasteiger charge is 2.32. The van der Waals surface area contributed by atoms with Crippen LogP contribution in [-0.2, 0) is 14.8 Å². The molecule has 2 rings (SSSR count). The molecule has 7 nitrogen and oxygen atoms in total. The Morgan fingerprint density at radius 1 is 1.15 bits per heavy atom. The summed E-state index contributed by atoms with van der Waals surface area (Å²) in [7, 11) is 1.17. The molecule has 0 spiro atoms. The maximum atomic E-state index is 12.8. The summed E-state index contributed by atoms with van der Waals surface area (Å²) >= 11 is 0. The van der Waals surface area contributed by atoms with E-state index < -0.39 is 10.0 Å². The van der Waals surface area contributed by atoms with Crippen LogP contribution >= 0.6 is 0 Å². The van der Waals surface area contributed by atoms with Gasteiger partial charge in [0.15, 0.2) is 0 Å². The number of carbonyl (C=O) groups excluding carboxylic acids is 1. The summed E-state index contributed by atoms with van der Waals surface area (Å²) in [5, 5.41) is 0. The monoisotopic (exact) mass is 383 g/mol. The molecular weight excluding hydrogens is 354 g/mol. The van der Waals surface area contributed by atoms with Gasteiger partial charge >= 0.3 is 0 Å². The van der Waals surface area contributed by atoms with E-state index in [-0.39, 0.29) is 22.9 Å². The molecule has 8 heteroatoms. The van der Waals surface area contributed by atoms with Crippen molar-refractivity contribution in [3.63, 3.8) is 0 Å². The third-order valence-electron chi connectivity index (χ3n) is 4.82. The van der Waals surface area contributed by atoms with E-state index in [0.717, 1.165) is 10.8 Å². The lowest BCUT2D eigenvalue weighted by atomic mass is 10.1. The highest BCUT2D eigenvalue weighted by Crippen LogP contribution is 2.19. The van der Waals surface area contributed by atoms with Crippen LogP contribution in [0.5, 0.6) is 0 Å². The van der Waals surface area contributed by atoms with Gasteiger partial charge in [-0.25, -0.2) is 12.7 Å². The molecule has 1 amide bonds. The van der Waals surface area contributed by atoms with Crippen LogP contribution in [0.1, 0.15) is 24.2 Å². The molecule has 2 atom stereocenters. The van der Waals surface area contributed by atoms with Crippen LogP contribution in [0, 0.1) is 0 Å². The van der Waals surface area contributed by atoms with Crippen LogP contribution in [0.15, 0.2) is 29.2 Å². The molecule has 1 heterocycles. The summed E-state index contributed by atoms with van der Waals surface area (Å²) in [5.74, 6) is -0.0658. The highest BCUT2D eigenvalue weighted by molar-refractivity contribution is 7.89. The van der Waals surface area contributed by atoms with Gasteiger partial charge in [0.25, 0.3) is 5.91 Å². The molecule has 0 bridgehead atoms. The molecule has 1 aliphatic rings. The van der Waals surface area contributed by atoms with Gasteiger partial charge in [-0.3, -0.25) is 9.69 Å². The van der Waals surface area contributed by atoms with Crippen LogP contribution in [0.4, 0.5) is 0 Å². The molecule has 1 saturated heterocycles. The number of hydrogen-bond acceptors (Lipinski definition) is 5. The SMILES string of the molecule is COCCN1C(C)CN(C(=O)c2ccc(S(=O)(=O)N(C)C)cc2)CC1C. The Labute approximate surface area is 156 Å². The van der Waals surface area contributed by atoms with Crippen molar-refractivity contribution in [2.75, 3.05) is 47.4 Å². The van der Waals surface area contributed by atoms with E-state index in [0.29, 0.717) is 25.3 Å². The van der Waals surface area contributed by atoms with Crippen LogP contribution in [0.25, 0.3) is 0 Å². The average Bonchev–Trinajstić information content (AvgIpc) is 2.60. The van der Waals surface area contributed by atoms with Gasteiger partial charge in [-0.15, -0.1) is 0 Å². The van der Waals surface area contributed by atoms with E-state index in [2.05, 4.69) is 18.7 Å². The summed E-state index contributed by atoms with van der Waals surface area (Å²) in [6.45, 7) is 7.02. The van der Waals surface area contributed by atoms with E-state index in [4.69, 9.17) is 4.74 Å². The quantitative estimate of drug-likeness (QED) is 0.736. The van der Waals surface area contributed by atoms with E-state index in [1.165, 1.54) is 26.2 Å². The van der Waals surface area contributed by atoms with E-state index in [1.54, 1.807) is 19.2 Å². The normalized spacial score (nSPS) is 22.0. The fraction of sp³-hybridized carbons (Fsp3) is 0.611. The molecule has 1 aromatic rings. The number of rotatable bonds is 6. The molecule has 2 unspecified atom stereocenters. The molecule has 26 heavy (non-hydrogen) atoms. The maximum absolute atomic E-state index is 12.8. The van der Waals surface area contributed by atoms with Crippen molar-refractivity contribution in [3.8, 4) is 0 Å². The molecule has 146 valence electrons. The number of methoxy groups -OCH3 is 1. The Bertz CT molecular complexity index is 706. The van der Waals surface area contributed by atoms with Crippen LogP contribution in [0.3, 0.4) is 0 Å². The Morgan fingerprint density at radius 2 is 1.69 bits per heavy atom. The van der Waals surface area contributed by atoms with Gasteiger partial charge in [0, 0.05) is 58.5 Å². The zero-order chi connectivity index (χ0) is 19.5. The Hall–Kier alpha value is -1.48. The van der Waals surface area contributed by atoms with Crippen LogP contribution in [0.2, 0.25) is 0 Å². The van der Waals surface area contributed by atoms with Crippen molar-refractivity contribution in [2.45, 2.75) is 30.8 Å². The lowest BCUT2D eigenvalue weighted by Crippen LogP contribution is -2.58. The molecule has 1 aliphatic heterocycles. The van der Waals surface area contributed by atoms with E-state index in [9.17, 15) is 13.2 Å². The highest BCUT2D eigenvalue weighted by atomic mass is 32.2. The van der Waals surface area contributed by atoms with E-state index >= 15 is 0 Å². The molecule has 0 aromatic heterocycles. The predicted molar refractivity (Wildman–Crippen MR) is 101 cm³/mol. The second-order valence-electron chi connectivity index (χ2n) is 6.95. The minimum absolute atomic E-state index is 0.0658. The summed E-state index contributed by atoms with van der Waals surface area (Å²) in [5.41, 5.74) is 0.507. The van der Waals surface area contributed by atoms with Gasteiger partial charge in [-0.2, -0.15) is 0 Å². The lowest BCUT2D eigenvalue weighted by molar-refractivity contribution is 0.0193. The predicted octanol–water partition coefficient (Wildman–Crippen LogP) is 1.12. The number of amides is 1. The van der Waals surface area contributed by atoms with Crippen molar-refractivity contribution in [1.29, 1.82) is 0 Å². The third-order valence-corrected chi connectivity index (χ3v) is 6.65. The number of nitrogens with zero attached hydrogens (tertiary/aromatic N) is 3. The summed E-state index contributed by atoms with van der Waals surface area (Å²) in [6, 6.07) is 6.64. The van der Waals surface area contributed by atoms with Crippen LogP contribution < -0.4 is 0 Å². The maximum Gasteiger partial charge on any atom is 0.253 e. The van der Waals surface area contributed by atoms with Gasteiger partial charge in [0.1, 0.15) is 0 Å². The number of sulfonamides is 1. The topological polar surface area (TPSA) is 70.2 Å². The molecule has 1 fully saturated rings. The fourth-order valence-electron chi connectivity index (χ4n) is 3.32. The first-order valence-electron chi connectivity index (χ1n) is 8.75. The standard InChI is InChI=1S/C18H29N3O4S/c1-14-12-20(13-15(2)21(14)10-11-25-5)18(22)16-6-8-17(9-7-16)26(23,24)19(3)4/h6-9,14-15H,10-13H2,1-5H3. The van der Waals surface area contributed by atoms with Gasteiger partial charge in [-0.05, 0) is 38.1 Å². The molecule has 0 radical (unpaired) electrons. The van der Waals surface area contributed by atoms with Crippen molar-refractivity contribution in [2.24, 2.45) is 0 Å². The smallest absolute Gasteiger partial charge is 0.253 e. The summed E-state index contributed by atoms with van der Waals surface area (Å²) in [4.78, 5) is 17.2. The fourth-order valence-corrected chi connectivity index (χ4v) is 4.22. The van der Waals surface area contributed by atoms with Crippen molar-refractivity contribution in [3.05, 3.63) is 29.8 Å². The van der Waals surface area contributed by atoms with Crippen LogP contribution in [-0.4, -0.2) is 88.0 Å². The number of ether oxygens (including phenoxy) is 1. The zero-order valence-corrected chi connectivity index (χ0v) is 17.0. The second-order valence-corrected chi connectivity index (χ2v) is 9.10. The zero-order valence-electron chi connectivity index (χ0n) is 16.2.